The first-order valence-electron chi connectivity index (χ1n) is 5.45. The van der Waals surface area contributed by atoms with E-state index >= 15 is 0 Å². The van der Waals surface area contributed by atoms with E-state index in [1.165, 1.54) is 5.56 Å². The topological polar surface area (TPSA) is 18.5 Å². The minimum atomic E-state index is 0.736. The number of rotatable bonds is 3. The van der Waals surface area contributed by atoms with Crippen LogP contribution in [0.5, 0.6) is 11.5 Å². The fourth-order valence-corrected chi connectivity index (χ4v) is 1.75. The smallest absolute Gasteiger partial charge is 0.161 e. The number of aryl methyl sites for hydroxylation is 1. The zero-order valence-corrected chi connectivity index (χ0v) is 10.3. The molecule has 0 aliphatic heterocycles. The lowest BCUT2D eigenvalue weighted by Crippen LogP contribution is -1.91. The molecule has 2 heteroatoms. The maximum Gasteiger partial charge on any atom is 0.161 e. The molecule has 0 aliphatic carbocycles. The van der Waals surface area contributed by atoms with Gasteiger partial charge in [-0.15, -0.1) is 0 Å². The van der Waals surface area contributed by atoms with Gasteiger partial charge in [0.2, 0.25) is 0 Å². The first kappa shape index (κ1) is 11.5. The van der Waals surface area contributed by atoms with E-state index in [4.69, 9.17) is 9.47 Å². The highest BCUT2D eigenvalue weighted by Gasteiger charge is 2.06. The summed E-state index contributed by atoms with van der Waals surface area (Å²) in [5, 5.41) is 0. The zero-order chi connectivity index (χ0) is 12.3. The molecule has 0 aromatic heterocycles. The molecule has 0 heterocycles. The SMILES string of the molecule is COc1ccc(-c2[c]ccc(C)c2)cc1OC. The molecule has 0 fully saturated rings. The Morgan fingerprint density at radius 2 is 1.71 bits per heavy atom. The number of hydrogen-bond acceptors (Lipinski definition) is 2. The molecule has 2 nitrogen and oxygen atoms in total. The molecular formula is C15H15O2. The second-order valence-corrected chi connectivity index (χ2v) is 3.85. The van der Waals surface area contributed by atoms with Gasteiger partial charge in [0.1, 0.15) is 0 Å². The average molecular weight is 227 g/mol. The van der Waals surface area contributed by atoms with Crippen LogP contribution in [-0.2, 0) is 0 Å². The second kappa shape index (κ2) is 4.91. The largest absolute Gasteiger partial charge is 0.493 e. The molecule has 2 aromatic carbocycles. The fourth-order valence-electron chi connectivity index (χ4n) is 1.75. The average Bonchev–Trinajstić information content (AvgIpc) is 2.38. The van der Waals surface area contributed by atoms with Gasteiger partial charge in [0.05, 0.1) is 14.2 Å². The normalized spacial score (nSPS) is 10.1. The lowest BCUT2D eigenvalue weighted by molar-refractivity contribution is 0.355. The Bertz CT molecular complexity index is 518. The van der Waals surface area contributed by atoms with Gasteiger partial charge in [0.15, 0.2) is 11.5 Å². The highest BCUT2D eigenvalue weighted by Crippen LogP contribution is 2.32. The summed E-state index contributed by atoms with van der Waals surface area (Å²) in [7, 11) is 3.28. The quantitative estimate of drug-likeness (QED) is 0.799. The summed E-state index contributed by atoms with van der Waals surface area (Å²) >= 11 is 0. The van der Waals surface area contributed by atoms with Crippen LogP contribution >= 0.6 is 0 Å². The Morgan fingerprint density at radius 1 is 0.941 bits per heavy atom. The molecule has 0 unspecified atom stereocenters. The van der Waals surface area contributed by atoms with Gasteiger partial charge in [0, 0.05) is 0 Å². The molecule has 1 radical (unpaired) electrons. The molecule has 0 aliphatic rings. The maximum atomic E-state index is 5.29. The van der Waals surface area contributed by atoms with Crippen molar-refractivity contribution in [1.29, 1.82) is 0 Å². The minimum Gasteiger partial charge on any atom is -0.493 e. The second-order valence-electron chi connectivity index (χ2n) is 3.85. The summed E-state index contributed by atoms with van der Waals surface area (Å²) in [4.78, 5) is 0. The molecule has 0 bridgehead atoms. The van der Waals surface area contributed by atoms with Gasteiger partial charge in [-0.25, -0.2) is 0 Å². The van der Waals surface area contributed by atoms with Gasteiger partial charge in [-0.3, -0.25) is 0 Å². The van der Waals surface area contributed by atoms with Crippen molar-refractivity contribution in [3.8, 4) is 22.6 Å². The van der Waals surface area contributed by atoms with Crippen molar-refractivity contribution in [3.63, 3.8) is 0 Å². The van der Waals surface area contributed by atoms with E-state index in [0.717, 1.165) is 22.6 Å². The predicted molar refractivity (Wildman–Crippen MR) is 68.6 cm³/mol. The Kier molecular flexibility index (Phi) is 3.33. The lowest BCUT2D eigenvalue weighted by Gasteiger charge is -2.09. The van der Waals surface area contributed by atoms with Gasteiger partial charge in [-0.1, -0.05) is 29.8 Å². The molecule has 0 atom stereocenters. The first-order valence-corrected chi connectivity index (χ1v) is 5.45. The first-order chi connectivity index (χ1) is 8.24. The van der Waals surface area contributed by atoms with Crippen LogP contribution in [0.3, 0.4) is 0 Å². The van der Waals surface area contributed by atoms with Crippen LogP contribution in [0.25, 0.3) is 11.1 Å². The van der Waals surface area contributed by atoms with Crippen LogP contribution in [-0.4, -0.2) is 14.2 Å². The van der Waals surface area contributed by atoms with Gasteiger partial charge >= 0.3 is 0 Å². The van der Waals surface area contributed by atoms with E-state index in [1.54, 1.807) is 14.2 Å². The van der Waals surface area contributed by atoms with Crippen molar-refractivity contribution in [2.45, 2.75) is 6.92 Å². The molecular weight excluding hydrogens is 212 g/mol. The van der Waals surface area contributed by atoms with Crippen LogP contribution in [0.1, 0.15) is 5.56 Å². The third kappa shape index (κ3) is 2.41. The van der Waals surface area contributed by atoms with Crippen molar-refractivity contribution < 1.29 is 9.47 Å². The lowest BCUT2D eigenvalue weighted by atomic mass is 10.0. The molecule has 2 rings (SSSR count). The Morgan fingerprint density at radius 3 is 2.35 bits per heavy atom. The summed E-state index contributed by atoms with van der Waals surface area (Å²) < 4.78 is 10.5. The van der Waals surface area contributed by atoms with Crippen molar-refractivity contribution in [3.05, 3.63) is 48.0 Å². The Labute approximate surface area is 102 Å². The molecule has 2 aromatic rings. The summed E-state index contributed by atoms with van der Waals surface area (Å²) in [6, 6.07) is 15.2. The number of ether oxygens (including phenoxy) is 2. The minimum absolute atomic E-state index is 0.736. The van der Waals surface area contributed by atoms with Crippen LogP contribution in [0, 0.1) is 13.0 Å². The highest BCUT2D eigenvalue weighted by atomic mass is 16.5. The molecule has 87 valence electrons. The van der Waals surface area contributed by atoms with E-state index in [-0.39, 0.29) is 0 Å². The third-order valence-corrected chi connectivity index (χ3v) is 2.65. The monoisotopic (exact) mass is 227 g/mol. The van der Waals surface area contributed by atoms with Crippen LogP contribution in [0.2, 0.25) is 0 Å². The zero-order valence-electron chi connectivity index (χ0n) is 10.3. The Balaban J connectivity index is 2.46. The van der Waals surface area contributed by atoms with Crippen LogP contribution < -0.4 is 9.47 Å². The van der Waals surface area contributed by atoms with Crippen LogP contribution in [0.4, 0.5) is 0 Å². The van der Waals surface area contributed by atoms with E-state index in [0.29, 0.717) is 0 Å². The van der Waals surface area contributed by atoms with Crippen molar-refractivity contribution >= 4 is 0 Å². The Hall–Kier alpha value is -1.96. The number of hydrogen-bond donors (Lipinski definition) is 0. The summed E-state index contributed by atoms with van der Waals surface area (Å²) in [5.41, 5.74) is 3.35. The molecule has 0 saturated heterocycles. The van der Waals surface area contributed by atoms with E-state index in [1.807, 2.05) is 30.3 Å². The number of benzene rings is 2. The van der Waals surface area contributed by atoms with Gasteiger partial charge < -0.3 is 9.47 Å². The predicted octanol–water partition coefficient (Wildman–Crippen LogP) is 3.48. The van der Waals surface area contributed by atoms with Gasteiger partial charge in [0.25, 0.3) is 0 Å². The third-order valence-electron chi connectivity index (χ3n) is 2.65. The molecule has 17 heavy (non-hydrogen) atoms. The van der Waals surface area contributed by atoms with Crippen molar-refractivity contribution in [2.24, 2.45) is 0 Å². The fraction of sp³-hybridized carbons (Fsp3) is 0.200. The van der Waals surface area contributed by atoms with Crippen molar-refractivity contribution in [1.82, 2.24) is 0 Å². The summed E-state index contributed by atoms with van der Waals surface area (Å²) in [6.45, 7) is 2.07. The number of methoxy groups -OCH3 is 2. The molecule has 0 spiro atoms. The molecule has 0 N–H and O–H groups in total. The molecule has 0 saturated carbocycles. The molecule has 0 amide bonds. The van der Waals surface area contributed by atoms with Crippen LogP contribution in [0.15, 0.2) is 36.4 Å². The van der Waals surface area contributed by atoms with E-state index in [2.05, 4.69) is 19.1 Å². The maximum absolute atomic E-state index is 5.29. The van der Waals surface area contributed by atoms with E-state index < -0.39 is 0 Å². The van der Waals surface area contributed by atoms with E-state index in [9.17, 15) is 0 Å². The van der Waals surface area contributed by atoms with Gasteiger partial charge in [-0.2, -0.15) is 0 Å². The summed E-state index contributed by atoms with van der Waals surface area (Å²) in [6.07, 6.45) is 0. The summed E-state index contributed by atoms with van der Waals surface area (Å²) in [5.74, 6) is 1.48. The highest BCUT2D eigenvalue weighted by molar-refractivity contribution is 5.67. The standard InChI is InChI=1S/C15H15O2/c1-11-5-4-6-12(9-11)13-7-8-14(16-2)15(10-13)17-3/h4-5,7-10H,1-3H3. The van der Waals surface area contributed by atoms with Gasteiger partial charge in [-0.05, 0) is 36.2 Å². The van der Waals surface area contributed by atoms with Crippen molar-refractivity contribution in [2.75, 3.05) is 14.2 Å².